The Hall–Kier alpha value is -2.18. The van der Waals surface area contributed by atoms with Crippen molar-refractivity contribution in [1.29, 1.82) is 0 Å². The Labute approximate surface area is 97.3 Å². The third kappa shape index (κ3) is 3.13. The van der Waals surface area contributed by atoms with Crippen LogP contribution < -0.4 is 11.1 Å². The van der Waals surface area contributed by atoms with Crippen molar-refractivity contribution < 1.29 is 14.0 Å². The molecule has 0 aliphatic rings. The molecule has 0 radical (unpaired) electrons. The van der Waals surface area contributed by atoms with Crippen molar-refractivity contribution in [2.24, 2.45) is 5.73 Å². The second-order valence-electron chi connectivity index (χ2n) is 3.76. The number of hydrogen-bond acceptors (Lipinski definition) is 3. The molecule has 0 aromatic carbocycles. The lowest BCUT2D eigenvalue weighted by Crippen LogP contribution is -2.58. The Morgan fingerprint density at radius 3 is 2.71 bits per heavy atom. The number of nitrogens with two attached hydrogens (primary N) is 1. The predicted octanol–water partition coefficient (Wildman–Crippen LogP) is -0.273. The summed E-state index contributed by atoms with van der Waals surface area (Å²) in [6, 6.07) is 1.65. The number of rotatable bonds is 5. The van der Waals surface area contributed by atoms with Gasteiger partial charge in [0, 0.05) is 12.4 Å². The minimum Gasteiger partial charge on any atom is -0.368 e. The first-order chi connectivity index (χ1) is 7.85. The van der Waals surface area contributed by atoms with Crippen LogP contribution in [0.15, 0.2) is 30.9 Å². The van der Waals surface area contributed by atoms with Crippen LogP contribution in [0.4, 0.5) is 4.39 Å². The van der Waals surface area contributed by atoms with E-state index in [2.05, 4.69) is 17.0 Å². The van der Waals surface area contributed by atoms with Crippen LogP contribution in [0.1, 0.15) is 6.92 Å². The van der Waals surface area contributed by atoms with Crippen LogP contribution in [-0.2, 0) is 16.1 Å². The molecular weight excluding hydrogens is 227 g/mol. The summed E-state index contributed by atoms with van der Waals surface area (Å²) in [5.74, 6) is -3.04. The molecule has 3 N–H and O–H groups in total. The van der Waals surface area contributed by atoms with Crippen molar-refractivity contribution in [3.05, 3.63) is 30.9 Å². The highest BCUT2D eigenvalue weighted by Gasteiger charge is 2.34. The Morgan fingerprint density at radius 2 is 2.29 bits per heavy atom. The number of carbonyl (C=O) groups excluding carboxylic acids is 2. The van der Waals surface area contributed by atoms with E-state index in [4.69, 9.17) is 5.73 Å². The third-order valence-corrected chi connectivity index (χ3v) is 2.22. The van der Waals surface area contributed by atoms with Crippen molar-refractivity contribution in [2.45, 2.75) is 19.0 Å². The molecule has 1 rings (SSSR count). The van der Waals surface area contributed by atoms with Crippen LogP contribution >= 0.6 is 0 Å². The molecule has 0 bridgehead atoms. The fourth-order valence-electron chi connectivity index (χ4n) is 1.22. The predicted molar refractivity (Wildman–Crippen MR) is 58.2 cm³/mol. The lowest BCUT2D eigenvalue weighted by molar-refractivity contribution is -0.130. The molecule has 2 amide bonds. The molecule has 17 heavy (non-hydrogen) atoms. The first kappa shape index (κ1) is 12.9. The number of carbonyl (C=O) groups is 2. The number of amides is 2. The minimum absolute atomic E-state index is 0.00829. The average molecular weight is 240 g/mol. The average Bonchev–Trinajstić information content (AvgIpc) is 2.69. The maximum absolute atomic E-state index is 12.6. The van der Waals surface area contributed by atoms with Gasteiger partial charge < -0.3 is 11.1 Å². The fraction of sp³-hybridized carbons (Fsp3) is 0.300. The van der Waals surface area contributed by atoms with Crippen molar-refractivity contribution in [2.75, 3.05) is 0 Å². The quantitative estimate of drug-likeness (QED) is 0.694. The van der Waals surface area contributed by atoms with Gasteiger partial charge in [0.2, 0.25) is 5.91 Å². The molecule has 0 saturated carbocycles. The Kier molecular flexibility index (Phi) is 3.62. The van der Waals surface area contributed by atoms with E-state index in [1.54, 1.807) is 12.3 Å². The van der Waals surface area contributed by atoms with Crippen molar-refractivity contribution in [3.8, 4) is 0 Å². The summed E-state index contributed by atoms with van der Waals surface area (Å²) < 4.78 is 14.0. The van der Waals surface area contributed by atoms with Gasteiger partial charge in [-0.3, -0.25) is 14.3 Å². The summed E-state index contributed by atoms with van der Waals surface area (Å²) in [5, 5.41) is 6.06. The van der Waals surface area contributed by atoms with E-state index < -0.39 is 23.2 Å². The molecule has 1 unspecified atom stereocenters. The SMILES string of the molecule is C=C(F)C(=O)NC(C)(Cn1cccn1)C(N)=O. The summed E-state index contributed by atoms with van der Waals surface area (Å²) >= 11 is 0. The van der Waals surface area contributed by atoms with E-state index in [9.17, 15) is 14.0 Å². The van der Waals surface area contributed by atoms with Crippen LogP contribution in [0.3, 0.4) is 0 Å². The number of nitrogens with zero attached hydrogens (tertiary/aromatic N) is 2. The second kappa shape index (κ2) is 4.77. The zero-order chi connectivity index (χ0) is 13.1. The molecule has 1 aromatic heterocycles. The second-order valence-corrected chi connectivity index (χ2v) is 3.76. The van der Waals surface area contributed by atoms with Gasteiger partial charge >= 0.3 is 0 Å². The monoisotopic (exact) mass is 240 g/mol. The van der Waals surface area contributed by atoms with Gasteiger partial charge in [-0.2, -0.15) is 5.10 Å². The zero-order valence-corrected chi connectivity index (χ0v) is 9.31. The Balaban J connectivity index is 2.86. The van der Waals surface area contributed by atoms with Gasteiger partial charge in [0.15, 0.2) is 5.83 Å². The third-order valence-electron chi connectivity index (χ3n) is 2.22. The summed E-state index contributed by atoms with van der Waals surface area (Å²) in [5.41, 5.74) is 3.76. The van der Waals surface area contributed by atoms with Crippen LogP contribution in [0.5, 0.6) is 0 Å². The molecule has 0 aliphatic heterocycles. The summed E-state index contributed by atoms with van der Waals surface area (Å²) in [4.78, 5) is 22.5. The molecule has 0 fully saturated rings. The smallest absolute Gasteiger partial charge is 0.280 e. The highest BCUT2D eigenvalue weighted by Crippen LogP contribution is 2.08. The molecule has 7 heteroatoms. The van der Waals surface area contributed by atoms with Crippen molar-refractivity contribution in [1.82, 2.24) is 15.1 Å². The van der Waals surface area contributed by atoms with Crippen LogP contribution in [0.2, 0.25) is 0 Å². The molecule has 1 heterocycles. The standard InChI is InChI=1S/C10H13FN4O2/c1-7(11)8(16)14-10(2,9(12)17)6-15-5-3-4-13-15/h3-5H,1,6H2,2H3,(H2,12,17)(H,14,16). The zero-order valence-electron chi connectivity index (χ0n) is 9.31. The summed E-state index contributed by atoms with van der Waals surface area (Å²) in [7, 11) is 0. The van der Waals surface area contributed by atoms with E-state index in [1.165, 1.54) is 17.8 Å². The maximum Gasteiger partial charge on any atom is 0.280 e. The number of primary amides is 1. The van der Waals surface area contributed by atoms with E-state index in [1.807, 2.05) is 0 Å². The Morgan fingerprint density at radius 1 is 1.65 bits per heavy atom. The molecule has 0 spiro atoms. The normalized spacial score (nSPS) is 13.8. The van der Waals surface area contributed by atoms with Gasteiger partial charge in [0.05, 0.1) is 6.54 Å². The molecule has 1 atom stereocenters. The number of nitrogens with one attached hydrogen (secondary N) is 1. The van der Waals surface area contributed by atoms with Crippen molar-refractivity contribution in [3.63, 3.8) is 0 Å². The van der Waals surface area contributed by atoms with Crippen LogP contribution in [0.25, 0.3) is 0 Å². The van der Waals surface area contributed by atoms with E-state index in [0.717, 1.165) is 0 Å². The van der Waals surface area contributed by atoms with Crippen molar-refractivity contribution >= 4 is 11.8 Å². The topological polar surface area (TPSA) is 90.0 Å². The molecule has 1 aromatic rings. The molecule has 6 nitrogen and oxygen atoms in total. The van der Waals surface area contributed by atoms with E-state index in [-0.39, 0.29) is 6.54 Å². The molecule has 0 saturated heterocycles. The first-order valence-corrected chi connectivity index (χ1v) is 4.79. The Bertz CT molecular complexity index is 443. The summed E-state index contributed by atoms with van der Waals surface area (Å²) in [6.07, 6.45) is 3.11. The van der Waals surface area contributed by atoms with Gasteiger partial charge in [-0.1, -0.05) is 6.58 Å². The van der Waals surface area contributed by atoms with Crippen LogP contribution in [-0.4, -0.2) is 27.1 Å². The lowest BCUT2D eigenvalue weighted by atomic mass is 10.0. The largest absolute Gasteiger partial charge is 0.368 e. The lowest BCUT2D eigenvalue weighted by Gasteiger charge is -2.26. The van der Waals surface area contributed by atoms with E-state index >= 15 is 0 Å². The fourth-order valence-corrected chi connectivity index (χ4v) is 1.22. The first-order valence-electron chi connectivity index (χ1n) is 4.79. The van der Waals surface area contributed by atoms with Crippen LogP contribution in [0, 0.1) is 0 Å². The van der Waals surface area contributed by atoms with Gasteiger partial charge in [0.25, 0.3) is 5.91 Å². The number of halogens is 1. The summed E-state index contributed by atoms with van der Waals surface area (Å²) in [6.45, 7) is 4.24. The van der Waals surface area contributed by atoms with E-state index in [0.29, 0.717) is 0 Å². The molecular formula is C10H13FN4O2. The van der Waals surface area contributed by atoms with Gasteiger partial charge in [-0.05, 0) is 13.0 Å². The van der Waals surface area contributed by atoms with Gasteiger partial charge in [-0.15, -0.1) is 0 Å². The highest BCUT2D eigenvalue weighted by molar-refractivity contribution is 5.96. The minimum atomic E-state index is -1.43. The number of aromatic nitrogens is 2. The molecule has 92 valence electrons. The van der Waals surface area contributed by atoms with Gasteiger partial charge in [0.1, 0.15) is 5.54 Å². The molecule has 0 aliphatic carbocycles. The highest BCUT2D eigenvalue weighted by atomic mass is 19.1. The van der Waals surface area contributed by atoms with Gasteiger partial charge in [-0.25, -0.2) is 4.39 Å². The number of hydrogen-bond donors (Lipinski definition) is 2. The maximum atomic E-state index is 12.6.